The molecule has 1 aromatic rings. The van der Waals surface area contributed by atoms with E-state index in [4.69, 9.17) is 0 Å². The van der Waals surface area contributed by atoms with Crippen molar-refractivity contribution >= 4 is 11.3 Å². The monoisotopic (exact) mass is 224 g/mol. The lowest BCUT2D eigenvalue weighted by molar-refractivity contribution is 0.228. The van der Waals surface area contributed by atoms with Crippen LogP contribution in [0.25, 0.3) is 0 Å². The summed E-state index contributed by atoms with van der Waals surface area (Å²) in [6.07, 6.45) is 1.27. The Morgan fingerprint density at radius 2 is 2.27 bits per heavy atom. The highest BCUT2D eigenvalue weighted by molar-refractivity contribution is 7.10. The lowest BCUT2D eigenvalue weighted by atomic mass is 10.1. The van der Waals surface area contributed by atoms with Gasteiger partial charge in [-0.1, -0.05) is 0 Å². The first-order valence-corrected chi connectivity index (χ1v) is 6.66. The fourth-order valence-electron chi connectivity index (χ4n) is 2.23. The molecule has 2 nitrogen and oxygen atoms in total. The highest BCUT2D eigenvalue weighted by Crippen LogP contribution is 2.28. The smallest absolute Gasteiger partial charge is 0.0416 e. The van der Waals surface area contributed by atoms with Gasteiger partial charge in [0.15, 0.2) is 0 Å². The Balaban J connectivity index is 2.06. The van der Waals surface area contributed by atoms with E-state index < -0.39 is 0 Å². The van der Waals surface area contributed by atoms with E-state index in [1.807, 2.05) is 11.3 Å². The Morgan fingerprint density at radius 1 is 1.40 bits per heavy atom. The summed E-state index contributed by atoms with van der Waals surface area (Å²) in [6, 6.07) is 2.82. The Bertz CT molecular complexity index is 300. The Kier molecular flexibility index (Phi) is 3.78. The quantitative estimate of drug-likeness (QED) is 0.830. The van der Waals surface area contributed by atoms with Gasteiger partial charge in [0.25, 0.3) is 0 Å². The van der Waals surface area contributed by atoms with Crippen LogP contribution in [0.2, 0.25) is 0 Å². The molecular weight excluding hydrogens is 204 g/mol. The van der Waals surface area contributed by atoms with Crippen molar-refractivity contribution < 1.29 is 0 Å². The van der Waals surface area contributed by atoms with Gasteiger partial charge in [0.2, 0.25) is 0 Å². The van der Waals surface area contributed by atoms with Crippen LogP contribution in [0, 0.1) is 6.92 Å². The van der Waals surface area contributed by atoms with E-state index in [1.54, 1.807) is 0 Å². The molecule has 0 radical (unpaired) electrons. The second-order valence-electron chi connectivity index (χ2n) is 4.28. The number of aryl methyl sites for hydroxylation is 1. The standard InChI is InChI=1S/C12H20N2S/c1-10-4-9-15-12(10)11(2)14-7-3-5-13-6-8-14/h4,9,11,13H,3,5-8H2,1-2H3. The molecule has 1 saturated heterocycles. The average molecular weight is 224 g/mol. The van der Waals surface area contributed by atoms with Gasteiger partial charge in [0.05, 0.1) is 0 Å². The molecule has 1 N–H and O–H groups in total. The van der Waals surface area contributed by atoms with Crippen molar-refractivity contribution in [1.29, 1.82) is 0 Å². The van der Waals surface area contributed by atoms with Crippen LogP contribution in [0.15, 0.2) is 11.4 Å². The molecule has 1 aliphatic rings. The molecule has 0 saturated carbocycles. The van der Waals surface area contributed by atoms with Crippen LogP contribution < -0.4 is 5.32 Å². The third-order valence-electron chi connectivity index (χ3n) is 3.20. The summed E-state index contributed by atoms with van der Waals surface area (Å²) < 4.78 is 0. The highest BCUT2D eigenvalue weighted by Gasteiger charge is 2.19. The van der Waals surface area contributed by atoms with E-state index >= 15 is 0 Å². The van der Waals surface area contributed by atoms with Crippen molar-refractivity contribution in [3.8, 4) is 0 Å². The minimum absolute atomic E-state index is 0.588. The van der Waals surface area contributed by atoms with E-state index in [0.717, 1.165) is 6.54 Å². The maximum atomic E-state index is 3.45. The van der Waals surface area contributed by atoms with E-state index in [0.29, 0.717) is 6.04 Å². The Hall–Kier alpha value is -0.380. The number of nitrogens with one attached hydrogen (secondary N) is 1. The van der Waals surface area contributed by atoms with E-state index in [1.165, 1.54) is 36.5 Å². The zero-order valence-electron chi connectivity index (χ0n) is 9.62. The van der Waals surface area contributed by atoms with Crippen LogP contribution >= 0.6 is 11.3 Å². The minimum atomic E-state index is 0.588. The van der Waals surface area contributed by atoms with Crippen molar-refractivity contribution in [3.05, 3.63) is 21.9 Å². The molecule has 1 aliphatic heterocycles. The lowest BCUT2D eigenvalue weighted by Gasteiger charge is -2.27. The first kappa shape index (κ1) is 11.1. The molecule has 0 amide bonds. The van der Waals surface area contributed by atoms with Gasteiger partial charge in [-0.05, 0) is 43.8 Å². The number of nitrogens with zero attached hydrogens (tertiary/aromatic N) is 1. The maximum absolute atomic E-state index is 3.45. The van der Waals surface area contributed by atoms with Gasteiger partial charge in [-0.15, -0.1) is 11.3 Å². The Labute approximate surface area is 96.3 Å². The highest BCUT2D eigenvalue weighted by atomic mass is 32.1. The molecule has 3 heteroatoms. The second-order valence-corrected chi connectivity index (χ2v) is 5.23. The van der Waals surface area contributed by atoms with Crippen LogP contribution in [0.3, 0.4) is 0 Å². The summed E-state index contributed by atoms with van der Waals surface area (Å²) in [6.45, 7) is 9.27. The third-order valence-corrected chi connectivity index (χ3v) is 4.39. The Morgan fingerprint density at radius 3 is 3.00 bits per heavy atom. The maximum Gasteiger partial charge on any atom is 0.0416 e. The normalized spacial score (nSPS) is 21.2. The van der Waals surface area contributed by atoms with Gasteiger partial charge in [-0.2, -0.15) is 0 Å². The summed E-state index contributed by atoms with van der Waals surface area (Å²) in [5, 5.41) is 5.66. The summed E-state index contributed by atoms with van der Waals surface area (Å²) in [4.78, 5) is 4.13. The van der Waals surface area contributed by atoms with Gasteiger partial charge < -0.3 is 5.32 Å². The molecular formula is C12H20N2S. The van der Waals surface area contributed by atoms with Crippen molar-refractivity contribution in [2.75, 3.05) is 26.2 Å². The zero-order valence-corrected chi connectivity index (χ0v) is 10.4. The predicted molar refractivity (Wildman–Crippen MR) is 66.5 cm³/mol. The predicted octanol–water partition coefficient (Wildman–Crippen LogP) is 2.41. The van der Waals surface area contributed by atoms with Crippen LogP contribution in [0.4, 0.5) is 0 Å². The van der Waals surface area contributed by atoms with Gasteiger partial charge in [-0.25, -0.2) is 0 Å². The SMILES string of the molecule is Cc1ccsc1C(C)N1CCCNCC1. The van der Waals surface area contributed by atoms with Gasteiger partial charge in [0.1, 0.15) is 0 Å². The van der Waals surface area contributed by atoms with Crippen molar-refractivity contribution in [2.45, 2.75) is 26.3 Å². The molecule has 0 bridgehead atoms. The van der Waals surface area contributed by atoms with Crippen LogP contribution in [-0.2, 0) is 0 Å². The summed E-state index contributed by atoms with van der Waals surface area (Å²) in [5.41, 5.74) is 1.45. The van der Waals surface area contributed by atoms with E-state index in [-0.39, 0.29) is 0 Å². The molecule has 1 fully saturated rings. The molecule has 1 aromatic heterocycles. The number of thiophene rings is 1. The van der Waals surface area contributed by atoms with Gasteiger partial charge in [0, 0.05) is 30.6 Å². The lowest BCUT2D eigenvalue weighted by Crippen LogP contribution is -2.30. The topological polar surface area (TPSA) is 15.3 Å². The van der Waals surface area contributed by atoms with Crippen LogP contribution in [0.5, 0.6) is 0 Å². The van der Waals surface area contributed by atoms with E-state index in [2.05, 4.69) is 35.5 Å². The van der Waals surface area contributed by atoms with Gasteiger partial charge >= 0.3 is 0 Å². The fraction of sp³-hybridized carbons (Fsp3) is 0.667. The third kappa shape index (κ3) is 2.60. The minimum Gasteiger partial charge on any atom is -0.315 e. The van der Waals surface area contributed by atoms with Crippen molar-refractivity contribution in [3.63, 3.8) is 0 Å². The zero-order chi connectivity index (χ0) is 10.7. The van der Waals surface area contributed by atoms with E-state index in [9.17, 15) is 0 Å². The average Bonchev–Trinajstić information content (AvgIpc) is 2.53. The molecule has 2 heterocycles. The number of hydrogen-bond acceptors (Lipinski definition) is 3. The summed E-state index contributed by atoms with van der Waals surface area (Å²) in [7, 11) is 0. The summed E-state index contributed by atoms with van der Waals surface area (Å²) >= 11 is 1.90. The second kappa shape index (κ2) is 5.10. The fourth-order valence-corrected chi connectivity index (χ4v) is 3.25. The van der Waals surface area contributed by atoms with Gasteiger partial charge in [-0.3, -0.25) is 4.90 Å². The molecule has 0 spiro atoms. The van der Waals surface area contributed by atoms with Crippen molar-refractivity contribution in [2.24, 2.45) is 0 Å². The molecule has 15 heavy (non-hydrogen) atoms. The molecule has 0 aromatic carbocycles. The van der Waals surface area contributed by atoms with Crippen molar-refractivity contribution in [1.82, 2.24) is 10.2 Å². The van der Waals surface area contributed by atoms with Crippen LogP contribution in [-0.4, -0.2) is 31.1 Å². The first-order valence-electron chi connectivity index (χ1n) is 5.78. The van der Waals surface area contributed by atoms with Crippen LogP contribution in [0.1, 0.15) is 29.8 Å². The molecule has 2 rings (SSSR count). The molecule has 0 aliphatic carbocycles. The molecule has 84 valence electrons. The largest absolute Gasteiger partial charge is 0.315 e. The first-order chi connectivity index (χ1) is 7.29. The summed E-state index contributed by atoms with van der Waals surface area (Å²) in [5.74, 6) is 0. The number of rotatable bonds is 2. The number of hydrogen-bond donors (Lipinski definition) is 1. The molecule has 1 unspecified atom stereocenters. The molecule has 1 atom stereocenters.